The van der Waals surface area contributed by atoms with Crippen LogP contribution < -0.4 is 10.2 Å². The molecule has 0 fully saturated rings. The van der Waals surface area contributed by atoms with Crippen molar-refractivity contribution in [2.24, 2.45) is 10.2 Å². The fourth-order valence-electron chi connectivity index (χ4n) is 4.97. The van der Waals surface area contributed by atoms with Crippen LogP contribution in [0.3, 0.4) is 0 Å². The number of fused-ring (bicyclic) bond motifs is 1. The number of aromatic nitrogens is 1. The first-order valence-corrected chi connectivity index (χ1v) is 10.4. The number of carbonyl (C=O) groups is 1. The highest BCUT2D eigenvalue weighted by Gasteiger charge is 2.53. The van der Waals surface area contributed by atoms with Gasteiger partial charge in [-0.25, -0.2) is 0 Å². The summed E-state index contributed by atoms with van der Waals surface area (Å²) in [5, 5.41) is 11.6. The van der Waals surface area contributed by atoms with Crippen molar-refractivity contribution in [1.29, 1.82) is 0 Å². The molecule has 1 aromatic heterocycles. The molecule has 2 aromatic rings. The van der Waals surface area contributed by atoms with Crippen LogP contribution in [-0.2, 0) is 16.4 Å². The molecule has 0 aliphatic carbocycles. The van der Waals surface area contributed by atoms with E-state index in [0.717, 1.165) is 12.1 Å². The lowest BCUT2D eigenvalue weighted by atomic mass is 9.62. The molecule has 0 saturated carbocycles. The third-order valence-corrected chi connectivity index (χ3v) is 6.42. The summed E-state index contributed by atoms with van der Waals surface area (Å²) in [7, 11) is 0. The van der Waals surface area contributed by atoms with Crippen LogP contribution in [0, 0.1) is 0 Å². The van der Waals surface area contributed by atoms with Gasteiger partial charge in [0.2, 0.25) is 0 Å². The Morgan fingerprint density at radius 3 is 2.81 bits per heavy atom. The lowest BCUT2D eigenvalue weighted by Gasteiger charge is -2.47. The largest absolute Gasteiger partial charge is 0.416 e. The lowest BCUT2D eigenvalue weighted by Crippen LogP contribution is -2.54. The first-order chi connectivity index (χ1) is 15.4. The van der Waals surface area contributed by atoms with Crippen molar-refractivity contribution < 1.29 is 18.0 Å². The Bertz CT molecular complexity index is 1170. The van der Waals surface area contributed by atoms with E-state index in [1.165, 1.54) is 6.07 Å². The Hall–Kier alpha value is -3.49. The highest BCUT2D eigenvalue weighted by atomic mass is 19.4. The Morgan fingerprint density at radius 1 is 1.25 bits per heavy atom. The molecular formula is C23H20F3N5O. The van der Waals surface area contributed by atoms with E-state index < -0.39 is 23.3 Å². The lowest BCUT2D eigenvalue weighted by molar-refractivity contribution is -0.137. The normalized spacial score (nSPS) is 24.8. The van der Waals surface area contributed by atoms with E-state index in [9.17, 15) is 18.0 Å². The molecule has 0 spiro atoms. The quantitative estimate of drug-likeness (QED) is 0.753. The second-order valence-electron chi connectivity index (χ2n) is 7.97. The van der Waals surface area contributed by atoms with Crippen LogP contribution in [-0.4, -0.2) is 23.6 Å². The van der Waals surface area contributed by atoms with Gasteiger partial charge in [-0.2, -0.15) is 23.4 Å². The fourth-order valence-corrected chi connectivity index (χ4v) is 4.97. The third-order valence-electron chi connectivity index (χ3n) is 6.42. The van der Waals surface area contributed by atoms with Gasteiger partial charge in [0.25, 0.3) is 5.91 Å². The van der Waals surface area contributed by atoms with Crippen LogP contribution in [0.4, 0.5) is 18.9 Å². The molecule has 164 valence electrons. The number of pyridine rings is 1. The Morgan fingerprint density at radius 2 is 2.09 bits per heavy atom. The minimum absolute atomic E-state index is 0.253. The summed E-state index contributed by atoms with van der Waals surface area (Å²) in [6.07, 6.45) is 0.722. The number of halogens is 3. The monoisotopic (exact) mass is 439 g/mol. The van der Waals surface area contributed by atoms with Crippen molar-refractivity contribution in [3.63, 3.8) is 0 Å². The topological polar surface area (TPSA) is 70.0 Å². The van der Waals surface area contributed by atoms with Crippen LogP contribution in [0.2, 0.25) is 0 Å². The zero-order valence-electron chi connectivity index (χ0n) is 17.2. The van der Waals surface area contributed by atoms with E-state index in [1.54, 1.807) is 41.7 Å². The van der Waals surface area contributed by atoms with Crippen molar-refractivity contribution in [3.8, 4) is 0 Å². The number of nitrogens with one attached hydrogen (secondary N) is 1. The number of amides is 1. The molecular weight excluding hydrogens is 419 g/mol. The van der Waals surface area contributed by atoms with Crippen LogP contribution >= 0.6 is 0 Å². The predicted octanol–water partition coefficient (Wildman–Crippen LogP) is 4.72. The average Bonchev–Trinajstić information content (AvgIpc) is 3.27. The molecule has 4 heterocycles. The molecule has 2 atom stereocenters. The van der Waals surface area contributed by atoms with Gasteiger partial charge < -0.3 is 10.2 Å². The predicted molar refractivity (Wildman–Crippen MR) is 112 cm³/mol. The van der Waals surface area contributed by atoms with E-state index in [2.05, 4.69) is 20.5 Å². The van der Waals surface area contributed by atoms with E-state index in [1.807, 2.05) is 6.92 Å². The SMILES string of the molecule is CCC1(c2cccc(C(F)(F)F)c2)C2=CN=NC2NC2=C1C(=O)N(c1cccnc1)CC2. The van der Waals surface area contributed by atoms with Crippen molar-refractivity contribution >= 4 is 11.6 Å². The Kier molecular flexibility index (Phi) is 4.65. The van der Waals surface area contributed by atoms with Gasteiger partial charge in [-0.3, -0.25) is 9.78 Å². The number of rotatable bonds is 3. The van der Waals surface area contributed by atoms with Crippen LogP contribution in [0.25, 0.3) is 0 Å². The van der Waals surface area contributed by atoms with E-state index >= 15 is 0 Å². The first kappa shape index (κ1) is 20.4. The summed E-state index contributed by atoms with van der Waals surface area (Å²) >= 11 is 0. The summed E-state index contributed by atoms with van der Waals surface area (Å²) < 4.78 is 40.7. The van der Waals surface area contributed by atoms with Crippen molar-refractivity contribution in [3.05, 3.63) is 83.0 Å². The number of carbonyl (C=O) groups excluding carboxylic acids is 1. The number of hydrogen-bond acceptors (Lipinski definition) is 5. The molecule has 2 unspecified atom stereocenters. The molecule has 1 N–H and O–H groups in total. The zero-order chi connectivity index (χ0) is 22.5. The highest BCUT2D eigenvalue weighted by Crippen LogP contribution is 2.51. The third kappa shape index (κ3) is 2.95. The van der Waals surface area contributed by atoms with Gasteiger partial charge in [-0.15, -0.1) is 0 Å². The number of azo groups is 1. The molecule has 32 heavy (non-hydrogen) atoms. The number of alkyl halides is 3. The maximum Gasteiger partial charge on any atom is 0.416 e. The van der Waals surface area contributed by atoms with Crippen molar-refractivity contribution in [2.75, 3.05) is 11.4 Å². The molecule has 6 nitrogen and oxygen atoms in total. The minimum Gasteiger partial charge on any atom is -0.362 e. The molecule has 0 bridgehead atoms. The standard InChI is InChI=1S/C23H20F3N5O/c1-2-22(14-5-3-6-15(11-14)23(24,25)26)17-13-28-30-20(17)29-18-8-10-31(21(32)19(18)22)16-7-4-9-27-12-16/h3-7,9,11-13,20,29H,2,8,10H2,1H3. The van der Waals surface area contributed by atoms with Crippen LogP contribution in [0.1, 0.15) is 30.9 Å². The van der Waals surface area contributed by atoms with E-state index in [4.69, 9.17) is 0 Å². The van der Waals surface area contributed by atoms with E-state index in [0.29, 0.717) is 47.5 Å². The summed E-state index contributed by atoms with van der Waals surface area (Å²) in [6.45, 7) is 2.31. The van der Waals surface area contributed by atoms with Crippen molar-refractivity contribution in [1.82, 2.24) is 10.3 Å². The number of anilines is 1. The number of benzene rings is 1. The summed E-state index contributed by atoms with van der Waals surface area (Å²) in [6, 6.07) is 8.78. The molecule has 9 heteroatoms. The number of hydrogen-bond donors (Lipinski definition) is 1. The molecule has 3 aliphatic heterocycles. The minimum atomic E-state index is -4.49. The fraction of sp³-hybridized carbons (Fsp3) is 0.304. The van der Waals surface area contributed by atoms with Gasteiger partial charge in [-0.05, 0) is 30.2 Å². The van der Waals surface area contributed by atoms with Gasteiger partial charge in [-0.1, -0.05) is 25.1 Å². The molecule has 0 radical (unpaired) electrons. The first-order valence-electron chi connectivity index (χ1n) is 10.4. The van der Waals surface area contributed by atoms with Gasteiger partial charge in [0.15, 0.2) is 6.17 Å². The second-order valence-corrected chi connectivity index (χ2v) is 7.97. The molecule has 1 amide bonds. The van der Waals surface area contributed by atoms with Crippen molar-refractivity contribution in [2.45, 2.75) is 37.5 Å². The zero-order valence-corrected chi connectivity index (χ0v) is 17.2. The molecule has 5 rings (SSSR count). The second kappa shape index (κ2) is 7.29. The van der Waals surface area contributed by atoms with Gasteiger partial charge in [0, 0.05) is 30.4 Å². The Balaban J connectivity index is 1.72. The summed E-state index contributed by atoms with van der Waals surface area (Å²) in [5.41, 5.74) is 1.07. The van der Waals surface area contributed by atoms with Gasteiger partial charge in [0.05, 0.1) is 34.6 Å². The molecule has 0 saturated heterocycles. The van der Waals surface area contributed by atoms with Gasteiger partial charge >= 0.3 is 6.18 Å². The Labute approximate surface area is 182 Å². The maximum atomic E-state index is 13.9. The maximum absolute atomic E-state index is 13.9. The molecule has 1 aromatic carbocycles. The summed E-state index contributed by atoms with van der Waals surface area (Å²) in [4.78, 5) is 19.6. The smallest absolute Gasteiger partial charge is 0.362 e. The molecule has 3 aliphatic rings. The highest BCUT2D eigenvalue weighted by molar-refractivity contribution is 6.09. The van der Waals surface area contributed by atoms with Crippen LogP contribution in [0.15, 0.2) is 82.1 Å². The van der Waals surface area contributed by atoms with E-state index in [-0.39, 0.29) is 5.91 Å². The summed E-state index contributed by atoms with van der Waals surface area (Å²) in [5.74, 6) is -0.253. The van der Waals surface area contributed by atoms with Crippen LogP contribution in [0.5, 0.6) is 0 Å². The average molecular weight is 439 g/mol. The van der Waals surface area contributed by atoms with Gasteiger partial charge in [0.1, 0.15) is 0 Å². The number of nitrogens with zero attached hydrogens (tertiary/aromatic N) is 4.